The number of benzene rings is 1. The molecule has 1 aromatic rings. The summed E-state index contributed by atoms with van der Waals surface area (Å²) in [5.41, 5.74) is 6.27. The van der Waals surface area contributed by atoms with Gasteiger partial charge in [-0.25, -0.2) is 0 Å². The molecule has 0 atom stereocenters. The minimum Gasteiger partial charge on any atom is -0.497 e. The van der Waals surface area contributed by atoms with Gasteiger partial charge in [-0.2, -0.15) is 0 Å². The number of rotatable bonds is 6. The van der Waals surface area contributed by atoms with Crippen LogP contribution in [0, 0.1) is 11.8 Å². The summed E-state index contributed by atoms with van der Waals surface area (Å²) in [6.45, 7) is 4.62. The van der Waals surface area contributed by atoms with E-state index in [1.54, 1.807) is 7.11 Å². The number of hydrogen-bond donors (Lipinski definition) is 1. The van der Waals surface area contributed by atoms with Crippen LogP contribution >= 0.6 is 0 Å². The Hall–Kier alpha value is -1.70. The van der Waals surface area contributed by atoms with Crippen molar-refractivity contribution < 1.29 is 9.47 Å². The maximum atomic E-state index is 5.87. The van der Waals surface area contributed by atoms with Crippen molar-refractivity contribution in [3.8, 4) is 23.3 Å². The van der Waals surface area contributed by atoms with Gasteiger partial charge < -0.3 is 20.1 Å². The summed E-state index contributed by atoms with van der Waals surface area (Å²) in [6, 6.07) is 5.69. The largest absolute Gasteiger partial charge is 0.497 e. The van der Waals surface area contributed by atoms with E-state index in [1.807, 2.05) is 18.2 Å². The molecule has 1 aromatic carbocycles. The molecule has 0 spiro atoms. The second-order valence-corrected chi connectivity index (χ2v) is 5.12. The highest BCUT2D eigenvalue weighted by atomic mass is 16.5. The van der Waals surface area contributed by atoms with Crippen LogP contribution in [0.1, 0.15) is 24.8 Å². The van der Waals surface area contributed by atoms with E-state index in [4.69, 9.17) is 15.2 Å². The lowest BCUT2D eigenvalue weighted by molar-refractivity contribution is 0.262. The normalized spacial score (nSPS) is 14.6. The zero-order valence-corrected chi connectivity index (χ0v) is 12.7. The van der Waals surface area contributed by atoms with Gasteiger partial charge in [0, 0.05) is 6.54 Å². The summed E-state index contributed by atoms with van der Waals surface area (Å²) in [6.07, 6.45) is 3.70. The Morgan fingerprint density at radius 3 is 2.81 bits per heavy atom. The molecule has 1 saturated heterocycles. The molecule has 0 amide bonds. The van der Waals surface area contributed by atoms with Gasteiger partial charge in [0.25, 0.3) is 0 Å². The van der Waals surface area contributed by atoms with Gasteiger partial charge in [0.05, 0.1) is 25.8 Å². The first-order valence-electron chi connectivity index (χ1n) is 7.55. The third-order valence-electron chi connectivity index (χ3n) is 3.59. The molecule has 0 aliphatic carbocycles. The fourth-order valence-corrected chi connectivity index (χ4v) is 2.48. The molecule has 0 bridgehead atoms. The van der Waals surface area contributed by atoms with Crippen molar-refractivity contribution in [3.63, 3.8) is 0 Å². The summed E-state index contributed by atoms with van der Waals surface area (Å²) < 4.78 is 11.1. The van der Waals surface area contributed by atoms with Gasteiger partial charge in [-0.3, -0.25) is 0 Å². The molecule has 114 valence electrons. The molecule has 1 fully saturated rings. The van der Waals surface area contributed by atoms with Gasteiger partial charge in [-0.1, -0.05) is 11.8 Å². The highest BCUT2D eigenvalue weighted by Gasteiger charge is 2.10. The molecule has 0 aromatic heterocycles. The van der Waals surface area contributed by atoms with Gasteiger partial charge in [-0.15, -0.1) is 0 Å². The molecule has 4 nitrogen and oxygen atoms in total. The van der Waals surface area contributed by atoms with Crippen LogP contribution in [0.4, 0.5) is 0 Å². The number of nitrogens with zero attached hydrogens (tertiary/aromatic N) is 1. The summed E-state index contributed by atoms with van der Waals surface area (Å²) in [5.74, 6) is 7.49. The van der Waals surface area contributed by atoms with Crippen LogP contribution < -0.4 is 15.2 Å². The van der Waals surface area contributed by atoms with Crippen LogP contribution in [0.5, 0.6) is 11.5 Å². The Kier molecular flexibility index (Phi) is 6.39. The van der Waals surface area contributed by atoms with Crippen molar-refractivity contribution in [2.45, 2.75) is 19.3 Å². The SMILES string of the molecule is COc1ccc(OCCCN2CCCC2)c(C#CCN)c1. The van der Waals surface area contributed by atoms with Gasteiger partial charge in [0.15, 0.2) is 0 Å². The summed E-state index contributed by atoms with van der Waals surface area (Å²) in [5, 5.41) is 0. The van der Waals surface area contributed by atoms with Crippen molar-refractivity contribution >= 4 is 0 Å². The van der Waals surface area contributed by atoms with Crippen LogP contribution in [-0.2, 0) is 0 Å². The smallest absolute Gasteiger partial charge is 0.135 e. The minimum atomic E-state index is 0.339. The van der Waals surface area contributed by atoms with E-state index in [-0.39, 0.29) is 0 Å². The Labute approximate surface area is 127 Å². The highest BCUT2D eigenvalue weighted by Crippen LogP contribution is 2.23. The first kappa shape index (κ1) is 15.7. The first-order valence-corrected chi connectivity index (χ1v) is 7.55. The van der Waals surface area contributed by atoms with E-state index in [0.29, 0.717) is 13.2 Å². The maximum absolute atomic E-state index is 5.87. The molecular weight excluding hydrogens is 264 g/mol. The van der Waals surface area contributed by atoms with E-state index in [0.717, 1.165) is 30.0 Å². The second-order valence-electron chi connectivity index (χ2n) is 5.12. The third-order valence-corrected chi connectivity index (χ3v) is 3.59. The van der Waals surface area contributed by atoms with Crippen molar-refractivity contribution in [2.24, 2.45) is 5.73 Å². The lowest BCUT2D eigenvalue weighted by Gasteiger charge is -2.15. The summed E-state index contributed by atoms with van der Waals surface area (Å²) in [4.78, 5) is 2.49. The molecule has 1 aliphatic rings. The fraction of sp³-hybridized carbons (Fsp3) is 0.529. The molecule has 21 heavy (non-hydrogen) atoms. The lowest BCUT2D eigenvalue weighted by Crippen LogP contribution is -2.21. The first-order chi connectivity index (χ1) is 10.3. The molecule has 1 aliphatic heterocycles. The van der Waals surface area contributed by atoms with Crippen molar-refractivity contribution in [2.75, 3.05) is 39.9 Å². The molecule has 2 rings (SSSR count). The van der Waals surface area contributed by atoms with Crippen LogP contribution in [0.15, 0.2) is 18.2 Å². The molecule has 0 saturated carbocycles. The Morgan fingerprint density at radius 2 is 2.10 bits per heavy atom. The van der Waals surface area contributed by atoms with E-state index in [1.165, 1.54) is 25.9 Å². The monoisotopic (exact) mass is 288 g/mol. The van der Waals surface area contributed by atoms with Gasteiger partial charge >= 0.3 is 0 Å². The molecule has 1 heterocycles. The minimum absolute atomic E-state index is 0.339. The number of methoxy groups -OCH3 is 1. The topological polar surface area (TPSA) is 47.7 Å². The number of likely N-dealkylation sites (tertiary alicyclic amines) is 1. The van der Waals surface area contributed by atoms with Crippen LogP contribution in [0.3, 0.4) is 0 Å². The average Bonchev–Trinajstić information content (AvgIpc) is 3.03. The number of hydrogen-bond acceptors (Lipinski definition) is 4. The van der Waals surface area contributed by atoms with Crippen LogP contribution in [0.25, 0.3) is 0 Å². The Bertz CT molecular complexity index is 499. The van der Waals surface area contributed by atoms with Crippen LogP contribution in [0.2, 0.25) is 0 Å². The number of nitrogens with two attached hydrogens (primary N) is 1. The lowest BCUT2D eigenvalue weighted by atomic mass is 10.2. The quantitative estimate of drug-likeness (QED) is 0.641. The predicted octanol–water partition coefficient (Wildman–Crippen LogP) is 1.87. The maximum Gasteiger partial charge on any atom is 0.135 e. The van der Waals surface area contributed by atoms with Crippen molar-refractivity contribution in [3.05, 3.63) is 23.8 Å². The standard InChI is InChI=1S/C17H24N2O2/c1-20-16-7-8-17(15(14-16)6-4-9-18)21-13-5-12-19-10-2-3-11-19/h7-8,14H,2-3,5,9-13,18H2,1H3. The van der Waals surface area contributed by atoms with Gasteiger partial charge in [0.2, 0.25) is 0 Å². The summed E-state index contributed by atoms with van der Waals surface area (Å²) in [7, 11) is 1.64. The zero-order valence-electron chi connectivity index (χ0n) is 12.7. The van der Waals surface area contributed by atoms with E-state index in [2.05, 4.69) is 16.7 Å². The van der Waals surface area contributed by atoms with Gasteiger partial charge in [0.1, 0.15) is 11.5 Å². The highest BCUT2D eigenvalue weighted by molar-refractivity contribution is 5.50. The molecular formula is C17H24N2O2. The van der Waals surface area contributed by atoms with E-state index >= 15 is 0 Å². The second kappa shape index (κ2) is 8.56. The Morgan fingerprint density at radius 1 is 1.29 bits per heavy atom. The average molecular weight is 288 g/mol. The van der Waals surface area contributed by atoms with E-state index < -0.39 is 0 Å². The van der Waals surface area contributed by atoms with Crippen molar-refractivity contribution in [1.82, 2.24) is 4.90 Å². The van der Waals surface area contributed by atoms with Crippen molar-refractivity contribution in [1.29, 1.82) is 0 Å². The fourth-order valence-electron chi connectivity index (χ4n) is 2.48. The third kappa shape index (κ3) is 4.96. The van der Waals surface area contributed by atoms with Gasteiger partial charge in [-0.05, 0) is 50.6 Å². The molecule has 4 heteroatoms. The Balaban J connectivity index is 1.88. The molecule has 2 N–H and O–H groups in total. The predicted molar refractivity (Wildman–Crippen MR) is 84.7 cm³/mol. The van der Waals surface area contributed by atoms with Crippen LogP contribution in [-0.4, -0.2) is 44.8 Å². The zero-order chi connectivity index (χ0) is 14.9. The number of ether oxygens (including phenoxy) is 2. The summed E-state index contributed by atoms with van der Waals surface area (Å²) >= 11 is 0. The molecule has 0 unspecified atom stereocenters. The molecule has 0 radical (unpaired) electrons. The van der Waals surface area contributed by atoms with E-state index in [9.17, 15) is 0 Å².